The van der Waals surface area contributed by atoms with Crippen LogP contribution in [0.1, 0.15) is 29.6 Å². The number of amides is 1. The maximum Gasteiger partial charge on any atom is 0.254 e. The topological polar surface area (TPSA) is 124 Å². The van der Waals surface area contributed by atoms with Crippen LogP contribution in [-0.4, -0.2) is 33.0 Å². The number of carbonyl (C=O) groups excluding carboxylic acids is 1. The van der Waals surface area contributed by atoms with Gasteiger partial charge >= 0.3 is 0 Å². The van der Waals surface area contributed by atoms with Gasteiger partial charge in [0.1, 0.15) is 11.4 Å². The van der Waals surface area contributed by atoms with E-state index >= 15 is 0 Å². The van der Waals surface area contributed by atoms with Gasteiger partial charge in [0, 0.05) is 48.6 Å². The minimum absolute atomic E-state index is 0.0568. The molecule has 2 aromatic heterocycles. The fourth-order valence-electron chi connectivity index (χ4n) is 3.37. The summed E-state index contributed by atoms with van der Waals surface area (Å²) in [5, 5.41) is 7.44. The summed E-state index contributed by atoms with van der Waals surface area (Å²) < 4.78 is 2.03. The van der Waals surface area contributed by atoms with Crippen LogP contribution in [0.4, 0.5) is 17.5 Å². The fraction of sp³-hybridized carbons (Fsp3) is 0.350. The largest absolute Gasteiger partial charge is 0.365 e. The second kappa shape index (κ2) is 7.47. The van der Waals surface area contributed by atoms with Gasteiger partial charge in [0.2, 0.25) is 5.95 Å². The number of nitrogens with two attached hydrogens (primary N) is 2. The molecule has 1 aromatic carbocycles. The molecular weight excluding hydrogens is 354 g/mol. The van der Waals surface area contributed by atoms with Crippen LogP contribution >= 0.6 is 0 Å². The van der Waals surface area contributed by atoms with Crippen LogP contribution in [0.15, 0.2) is 36.7 Å². The number of hydrogen-bond acceptors (Lipinski definition) is 6. The Morgan fingerprint density at radius 2 is 2.18 bits per heavy atom. The Morgan fingerprint density at radius 3 is 2.93 bits per heavy atom. The second-order valence-electron chi connectivity index (χ2n) is 7.43. The zero-order valence-electron chi connectivity index (χ0n) is 15.9. The molecule has 1 fully saturated rings. The molecule has 3 aromatic rings. The molecular formula is C20H25N7O. The molecule has 8 nitrogen and oxygen atoms in total. The summed E-state index contributed by atoms with van der Waals surface area (Å²) in [4.78, 5) is 20.5. The number of nitrogens with one attached hydrogen (secondary N) is 2. The number of anilines is 3. The van der Waals surface area contributed by atoms with Crippen molar-refractivity contribution in [2.24, 2.45) is 24.4 Å². The first-order valence-corrected chi connectivity index (χ1v) is 9.48. The van der Waals surface area contributed by atoms with Crippen LogP contribution < -0.4 is 22.1 Å². The monoisotopic (exact) mass is 379 g/mol. The number of primary amides is 1. The van der Waals surface area contributed by atoms with Crippen LogP contribution in [0.2, 0.25) is 0 Å². The van der Waals surface area contributed by atoms with Crippen molar-refractivity contribution in [2.45, 2.75) is 25.3 Å². The molecule has 0 saturated heterocycles. The highest BCUT2D eigenvalue weighted by atomic mass is 16.1. The first kappa shape index (κ1) is 18.2. The summed E-state index contributed by atoms with van der Waals surface area (Å²) in [7, 11) is 1.98. The quantitative estimate of drug-likeness (QED) is 0.476. The molecule has 1 amide bonds. The van der Waals surface area contributed by atoms with E-state index in [-0.39, 0.29) is 11.6 Å². The van der Waals surface area contributed by atoms with Gasteiger partial charge < -0.3 is 26.7 Å². The number of aromatic nitrogens is 3. The molecule has 0 unspecified atom stereocenters. The predicted molar refractivity (Wildman–Crippen MR) is 111 cm³/mol. The Kier molecular flexibility index (Phi) is 4.87. The number of hydrogen-bond donors (Lipinski definition) is 4. The maximum absolute atomic E-state index is 11.8. The summed E-state index contributed by atoms with van der Waals surface area (Å²) in [6.07, 6.45) is 6.98. The Bertz CT molecular complexity index is 1010. The van der Waals surface area contributed by atoms with E-state index in [1.807, 2.05) is 42.1 Å². The molecule has 0 radical (unpaired) electrons. The average molecular weight is 379 g/mol. The Labute approximate surface area is 163 Å². The fourth-order valence-corrected chi connectivity index (χ4v) is 3.37. The lowest BCUT2D eigenvalue weighted by Crippen LogP contribution is -2.30. The van der Waals surface area contributed by atoms with Crippen LogP contribution in [0, 0.1) is 5.92 Å². The van der Waals surface area contributed by atoms with E-state index in [1.165, 1.54) is 19.0 Å². The molecule has 1 atom stereocenters. The van der Waals surface area contributed by atoms with Crippen molar-refractivity contribution in [3.63, 3.8) is 0 Å². The summed E-state index contributed by atoms with van der Waals surface area (Å²) >= 11 is 0. The lowest BCUT2D eigenvalue weighted by molar-refractivity contribution is 0.100. The van der Waals surface area contributed by atoms with Crippen molar-refractivity contribution in [1.29, 1.82) is 0 Å². The number of aryl methyl sites for hydroxylation is 1. The van der Waals surface area contributed by atoms with E-state index in [1.54, 1.807) is 0 Å². The summed E-state index contributed by atoms with van der Waals surface area (Å²) in [6, 6.07) is 7.99. The summed E-state index contributed by atoms with van der Waals surface area (Å²) in [5.74, 6) is 0.967. The average Bonchev–Trinajstić information content (AvgIpc) is 3.40. The van der Waals surface area contributed by atoms with Crippen molar-refractivity contribution < 1.29 is 4.79 Å². The summed E-state index contributed by atoms with van der Waals surface area (Å²) in [6.45, 7) is 0.583. The highest BCUT2D eigenvalue weighted by Crippen LogP contribution is 2.33. The lowest BCUT2D eigenvalue weighted by Gasteiger charge is -2.14. The van der Waals surface area contributed by atoms with Crippen molar-refractivity contribution >= 4 is 34.3 Å². The van der Waals surface area contributed by atoms with Crippen molar-refractivity contribution in [1.82, 2.24) is 14.5 Å². The molecule has 1 saturated carbocycles. The van der Waals surface area contributed by atoms with E-state index < -0.39 is 5.91 Å². The SMILES string of the molecule is Cn1ccc2c(Nc3nc(NC[C@@H](N)CC4CC4)ncc3C(N)=O)cccc21. The molecule has 8 heteroatoms. The van der Waals surface area contributed by atoms with Gasteiger partial charge in [0.25, 0.3) is 5.91 Å². The van der Waals surface area contributed by atoms with Crippen LogP contribution in [-0.2, 0) is 7.05 Å². The predicted octanol–water partition coefficient (Wildman–Crippen LogP) is 2.35. The van der Waals surface area contributed by atoms with Gasteiger partial charge in [-0.2, -0.15) is 4.98 Å². The second-order valence-corrected chi connectivity index (χ2v) is 7.43. The zero-order chi connectivity index (χ0) is 19.7. The molecule has 0 aliphatic heterocycles. The third kappa shape index (κ3) is 3.91. The molecule has 1 aliphatic carbocycles. The van der Waals surface area contributed by atoms with Crippen molar-refractivity contribution in [3.05, 3.63) is 42.2 Å². The van der Waals surface area contributed by atoms with Gasteiger partial charge in [-0.1, -0.05) is 18.9 Å². The number of fused-ring (bicyclic) bond motifs is 1. The third-order valence-corrected chi connectivity index (χ3v) is 5.09. The molecule has 0 spiro atoms. The molecule has 0 bridgehead atoms. The Balaban J connectivity index is 1.57. The molecule has 28 heavy (non-hydrogen) atoms. The maximum atomic E-state index is 11.8. The standard InChI is InChI=1S/C20H25N7O/c1-27-8-7-14-16(3-2-4-17(14)27)25-19-15(18(22)28)11-24-20(26-19)23-10-13(21)9-12-5-6-12/h2-4,7-8,11-13H,5-6,9-10,21H2,1H3,(H2,22,28)(H2,23,24,25,26)/t13-/m0/s1. The first-order valence-electron chi connectivity index (χ1n) is 9.48. The zero-order valence-corrected chi connectivity index (χ0v) is 15.9. The Hall–Kier alpha value is -3.13. The van der Waals surface area contributed by atoms with E-state index in [0.717, 1.165) is 28.9 Å². The first-order chi connectivity index (χ1) is 13.5. The molecule has 2 heterocycles. The number of benzene rings is 1. The minimum atomic E-state index is -0.584. The minimum Gasteiger partial charge on any atom is -0.365 e. The van der Waals surface area contributed by atoms with Gasteiger partial charge in [-0.3, -0.25) is 4.79 Å². The van der Waals surface area contributed by atoms with Gasteiger partial charge in [-0.25, -0.2) is 4.98 Å². The van der Waals surface area contributed by atoms with Crippen LogP contribution in [0.5, 0.6) is 0 Å². The van der Waals surface area contributed by atoms with Crippen LogP contribution in [0.3, 0.4) is 0 Å². The molecule has 4 rings (SSSR count). The Morgan fingerprint density at radius 1 is 1.36 bits per heavy atom. The normalized spacial score (nSPS) is 14.8. The van der Waals surface area contributed by atoms with E-state index in [2.05, 4.69) is 20.6 Å². The van der Waals surface area contributed by atoms with E-state index in [4.69, 9.17) is 11.5 Å². The van der Waals surface area contributed by atoms with E-state index in [9.17, 15) is 4.79 Å². The third-order valence-electron chi connectivity index (χ3n) is 5.09. The van der Waals surface area contributed by atoms with Crippen LogP contribution in [0.25, 0.3) is 10.9 Å². The highest BCUT2D eigenvalue weighted by molar-refractivity contribution is 6.00. The molecule has 146 valence electrons. The lowest BCUT2D eigenvalue weighted by atomic mass is 10.1. The van der Waals surface area contributed by atoms with Crippen molar-refractivity contribution in [2.75, 3.05) is 17.2 Å². The van der Waals surface area contributed by atoms with Crippen molar-refractivity contribution in [3.8, 4) is 0 Å². The molecule has 6 N–H and O–H groups in total. The number of rotatable bonds is 8. The molecule has 1 aliphatic rings. The number of carbonyl (C=O) groups is 1. The van der Waals surface area contributed by atoms with E-state index in [0.29, 0.717) is 18.3 Å². The van der Waals surface area contributed by atoms with Gasteiger partial charge in [-0.15, -0.1) is 0 Å². The van der Waals surface area contributed by atoms with Gasteiger partial charge in [0.15, 0.2) is 0 Å². The number of nitrogens with zero attached hydrogens (tertiary/aromatic N) is 3. The van der Waals surface area contributed by atoms with Gasteiger partial charge in [0.05, 0.1) is 0 Å². The highest BCUT2D eigenvalue weighted by Gasteiger charge is 2.23. The summed E-state index contributed by atoms with van der Waals surface area (Å²) in [5.41, 5.74) is 13.8. The smallest absolute Gasteiger partial charge is 0.254 e. The van der Waals surface area contributed by atoms with Gasteiger partial charge in [-0.05, 0) is 30.5 Å².